The van der Waals surface area contributed by atoms with Gasteiger partial charge < -0.3 is 36.0 Å². The number of ether oxygens (including phenoxy) is 2. The number of carboxylic acid groups (broad SMARTS) is 1. The van der Waals surface area contributed by atoms with E-state index < -0.39 is 62.4 Å². The number of nitrogens with two attached hydrogens (primary N) is 2. The van der Waals surface area contributed by atoms with Gasteiger partial charge in [0, 0.05) is 30.4 Å². The van der Waals surface area contributed by atoms with Crippen LogP contribution in [0, 0.1) is 0 Å². The summed E-state index contributed by atoms with van der Waals surface area (Å²) in [5, 5.41) is 19.4. The molecule has 352 valence electrons. The second-order valence-corrected chi connectivity index (χ2v) is 17.8. The topological polar surface area (TPSA) is 218 Å². The van der Waals surface area contributed by atoms with Crippen LogP contribution in [0.5, 0.6) is 0 Å². The number of carbonyl (C=O) groups is 3. The van der Waals surface area contributed by atoms with E-state index in [2.05, 4.69) is 38.2 Å². The Morgan fingerprint density at radius 1 is 0.721 bits per heavy atom. The number of esters is 2. The first kappa shape index (κ1) is 58.5. The van der Waals surface area contributed by atoms with Crippen LogP contribution in [0.1, 0.15) is 155 Å². The van der Waals surface area contributed by atoms with Crippen LogP contribution in [0.15, 0.2) is 60.8 Å². The number of aliphatic hydroxyl groups is 1. The molecule has 0 aromatic carbocycles. The fourth-order valence-corrected chi connectivity index (χ4v) is 7.73. The Bertz CT molecular complexity index is 1310. The molecule has 1 unspecified atom stereocenters. The summed E-state index contributed by atoms with van der Waals surface area (Å²) in [6.07, 6.45) is 38.6. The Morgan fingerprint density at radius 3 is 1.97 bits per heavy atom. The Labute approximate surface area is 371 Å². The molecular formula is C46H81N2O11PS. The molecule has 5 atom stereocenters. The molecule has 0 aliphatic heterocycles. The van der Waals surface area contributed by atoms with Gasteiger partial charge in [0.25, 0.3) is 0 Å². The maximum atomic E-state index is 12.9. The minimum Gasteiger partial charge on any atom is -0.481 e. The summed E-state index contributed by atoms with van der Waals surface area (Å²) in [7, 11) is -4.51. The van der Waals surface area contributed by atoms with Gasteiger partial charge in [-0.25, -0.2) is 4.57 Å². The molecule has 0 bridgehead atoms. The molecule has 13 nitrogen and oxygen atoms in total. The third-order valence-corrected chi connectivity index (χ3v) is 11.8. The number of allylic oxidation sites excluding steroid dienone is 9. The predicted octanol–water partition coefficient (Wildman–Crippen LogP) is 9.81. The summed E-state index contributed by atoms with van der Waals surface area (Å²) in [5.74, 6) is -2.28. The van der Waals surface area contributed by atoms with E-state index >= 15 is 0 Å². The van der Waals surface area contributed by atoms with Gasteiger partial charge in [0.15, 0.2) is 6.10 Å². The van der Waals surface area contributed by atoms with E-state index in [1.54, 1.807) is 12.2 Å². The van der Waals surface area contributed by atoms with Crippen molar-refractivity contribution < 1.29 is 52.6 Å². The quantitative estimate of drug-likeness (QED) is 0.0127. The second-order valence-electron chi connectivity index (χ2n) is 15.1. The standard InChI is InChI=1S/C46H81N2O11PS/c1-3-5-7-9-11-13-15-17-18-19-21-23-25-27-29-34-45(52)59-40(38-58-60(54,55)57-36-35-47)37-56-46(53)41(48)39-61-43(42(49)31-30-33-44(50)51)32-28-26-24-22-20-16-14-12-10-8-6-4-2/h12-15,20,22,24,26,28,32,40-43,49H,3-11,16-19,21,23,25,27,29-31,33-39,47-48H2,1-2H3,(H,50,51)(H,54,55)/b14-12-,15-13-,22-20-,26-24+,32-28+/t40-,41+,42+,43-/m1/s1. The van der Waals surface area contributed by atoms with Crippen LogP contribution in [0.2, 0.25) is 0 Å². The number of hydrogen-bond donors (Lipinski definition) is 5. The third kappa shape index (κ3) is 38.8. The maximum Gasteiger partial charge on any atom is 0.472 e. The second kappa shape index (κ2) is 41.5. The molecule has 0 fully saturated rings. The number of unbranched alkanes of at least 4 members (excludes halogenated alkanes) is 14. The summed E-state index contributed by atoms with van der Waals surface area (Å²) in [4.78, 5) is 46.7. The number of carbonyl (C=O) groups excluding carboxylic acids is 2. The summed E-state index contributed by atoms with van der Waals surface area (Å²) in [5.41, 5.74) is 11.5. The first-order valence-electron chi connectivity index (χ1n) is 22.7. The van der Waals surface area contributed by atoms with E-state index in [1.807, 2.05) is 24.3 Å². The van der Waals surface area contributed by atoms with Crippen molar-refractivity contribution in [1.82, 2.24) is 0 Å². The van der Waals surface area contributed by atoms with Gasteiger partial charge in [0.1, 0.15) is 12.6 Å². The predicted molar refractivity (Wildman–Crippen MR) is 248 cm³/mol. The number of aliphatic hydroxyl groups excluding tert-OH is 1. The Balaban J connectivity index is 5.06. The fourth-order valence-electron chi connectivity index (χ4n) is 5.83. The average molecular weight is 901 g/mol. The monoisotopic (exact) mass is 901 g/mol. The van der Waals surface area contributed by atoms with Crippen molar-refractivity contribution in [3.63, 3.8) is 0 Å². The highest BCUT2D eigenvalue weighted by Gasteiger charge is 2.27. The van der Waals surface area contributed by atoms with Gasteiger partial charge in [-0.3, -0.25) is 23.4 Å². The van der Waals surface area contributed by atoms with Crippen molar-refractivity contribution >= 4 is 37.5 Å². The molecule has 0 saturated carbocycles. The highest BCUT2D eigenvalue weighted by Crippen LogP contribution is 2.43. The van der Waals surface area contributed by atoms with Gasteiger partial charge in [-0.2, -0.15) is 0 Å². The van der Waals surface area contributed by atoms with E-state index in [1.165, 1.54) is 76.0 Å². The van der Waals surface area contributed by atoms with Crippen LogP contribution >= 0.6 is 19.6 Å². The van der Waals surface area contributed by atoms with Gasteiger partial charge in [-0.15, -0.1) is 11.8 Å². The van der Waals surface area contributed by atoms with Crippen molar-refractivity contribution in [3.05, 3.63) is 60.8 Å². The first-order chi connectivity index (χ1) is 29.4. The van der Waals surface area contributed by atoms with E-state index in [0.717, 1.165) is 44.9 Å². The van der Waals surface area contributed by atoms with Crippen molar-refractivity contribution in [1.29, 1.82) is 0 Å². The SMILES string of the molecule is CCCCC/C=C\C\C=C/C=C/C=C/[C@@H](SC[C@H](N)C(=O)OC[C@H](COP(=O)(O)OCCN)OC(=O)CCCCCCCCC/C=C\CCCCCC)[C@@H](O)CCCC(=O)O. The smallest absolute Gasteiger partial charge is 0.472 e. The van der Waals surface area contributed by atoms with E-state index in [0.29, 0.717) is 6.42 Å². The number of phosphoric acid groups is 1. The van der Waals surface area contributed by atoms with Crippen LogP contribution in [-0.2, 0) is 37.5 Å². The number of rotatable bonds is 42. The Kier molecular flexibility index (Phi) is 39.7. The van der Waals surface area contributed by atoms with Crippen molar-refractivity contribution in [2.24, 2.45) is 11.5 Å². The molecule has 0 radical (unpaired) electrons. The van der Waals surface area contributed by atoms with Gasteiger partial charge in [-0.1, -0.05) is 139 Å². The zero-order valence-corrected chi connectivity index (χ0v) is 39.0. The van der Waals surface area contributed by atoms with E-state index in [-0.39, 0.29) is 44.6 Å². The minimum atomic E-state index is -4.51. The molecule has 0 heterocycles. The van der Waals surface area contributed by atoms with Crippen LogP contribution < -0.4 is 11.5 Å². The summed E-state index contributed by atoms with van der Waals surface area (Å²) >= 11 is 1.22. The van der Waals surface area contributed by atoms with Crippen LogP contribution in [0.25, 0.3) is 0 Å². The molecule has 0 aliphatic carbocycles. The van der Waals surface area contributed by atoms with E-state index in [9.17, 15) is 28.9 Å². The molecule has 61 heavy (non-hydrogen) atoms. The highest BCUT2D eigenvalue weighted by atomic mass is 32.2. The van der Waals surface area contributed by atoms with Gasteiger partial charge in [0.05, 0.1) is 19.3 Å². The normalized spacial score (nSPS) is 15.2. The third-order valence-electron chi connectivity index (χ3n) is 9.37. The number of aliphatic carboxylic acids is 1. The molecule has 15 heteroatoms. The molecule has 0 aliphatic rings. The van der Waals surface area contributed by atoms with Crippen LogP contribution in [-0.4, -0.2) is 88.6 Å². The van der Waals surface area contributed by atoms with Crippen molar-refractivity contribution in [2.75, 3.05) is 32.1 Å². The number of carboxylic acids is 1. The summed E-state index contributed by atoms with van der Waals surface area (Å²) < 4.78 is 32.9. The van der Waals surface area contributed by atoms with Crippen molar-refractivity contribution in [3.8, 4) is 0 Å². The fraction of sp³-hybridized carbons (Fsp3) is 0.717. The summed E-state index contributed by atoms with van der Waals surface area (Å²) in [6.45, 7) is 3.09. The zero-order valence-electron chi connectivity index (χ0n) is 37.3. The maximum absolute atomic E-state index is 12.9. The van der Waals surface area contributed by atoms with Gasteiger partial charge >= 0.3 is 25.7 Å². The lowest BCUT2D eigenvalue weighted by molar-refractivity contribution is -0.161. The minimum absolute atomic E-state index is 0.0160. The van der Waals surface area contributed by atoms with Crippen LogP contribution in [0.4, 0.5) is 0 Å². The molecule has 0 spiro atoms. The molecule has 0 saturated heterocycles. The zero-order chi connectivity index (χ0) is 45.2. The molecule has 0 aromatic heterocycles. The summed E-state index contributed by atoms with van der Waals surface area (Å²) in [6, 6.07) is -1.13. The largest absolute Gasteiger partial charge is 0.481 e. The van der Waals surface area contributed by atoms with Gasteiger partial charge in [-0.05, 0) is 64.2 Å². The Morgan fingerprint density at radius 2 is 1.31 bits per heavy atom. The lowest BCUT2D eigenvalue weighted by Gasteiger charge is -2.22. The number of phosphoric ester groups is 1. The molecule has 0 amide bonds. The number of thioether (sulfide) groups is 1. The average Bonchev–Trinajstić information content (AvgIpc) is 3.23. The molecular weight excluding hydrogens is 820 g/mol. The Hall–Kier alpha value is -2.55. The van der Waals surface area contributed by atoms with Crippen LogP contribution in [0.3, 0.4) is 0 Å². The molecule has 0 aromatic rings. The number of hydrogen-bond acceptors (Lipinski definition) is 12. The molecule has 0 rings (SSSR count). The van der Waals surface area contributed by atoms with Crippen molar-refractivity contribution in [2.45, 2.75) is 179 Å². The van der Waals surface area contributed by atoms with Gasteiger partial charge in [0.2, 0.25) is 0 Å². The first-order valence-corrected chi connectivity index (χ1v) is 25.2. The lowest BCUT2D eigenvalue weighted by atomic mass is 10.1. The lowest BCUT2D eigenvalue weighted by Crippen LogP contribution is -2.38. The van der Waals surface area contributed by atoms with E-state index in [4.69, 9.17) is 35.1 Å². The highest BCUT2D eigenvalue weighted by molar-refractivity contribution is 8.00. The molecule has 7 N–H and O–H groups in total.